The van der Waals surface area contributed by atoms with Gasteiger partial charge in [0.2, 0.25) is 5.91 Å². The first-order valence-electron chi connectivity index (χ1n) is 11.6. The van der Waals surface area contributed by atoms with Gasteiger partial charge >= 0.3 is 12.6 Å². The molecule has 35 heavy (non-hydrogen) atoms. The topological polar surface area (TPSA) is 82.1 Å². The second kappa shape index (κ2) is 10.8. The molecule has 2 aromatic rings. The number of nitrogens with zero attached hydrogens (tertiary/aromatic N) is 1. The smallest absolute Gasteiger partial charge is 0.387 e. The second-order valence-electron chi connectivity index (χ2n) is 8.64. The molecular formula is C26H27F2NO6. The van der Waals surface area contributed by atoms with Gasteiger partial charge in [0, 0.05) is 17.8 Å². The van der Waals surface area contributed by atoms with Crippen molar-refractivity contribution in [1.29, 1.82) is 0 Å². The van der Waals surface area contributed by atoms with Gasteiger partial charge in [-0.05, 0) is 49.1 Å². The van der Waals surface area contributed by atoms with Crippen LogP contribution in [-0.4, -0.2) is 44.5 Å². The van der Waals surface area contributed by atoms with E-state index < -0.39 is 36.8 Å². The molecule has 0 aromatic heterocycles. The lowest BCUT2D eigenvalue weighted by Crippen LogP contribution is -2.42. The Bertz CT molecular complexity index is 1100. The summed E-state index contributed by atoms with van der Waals surface area (Å²) in [5, 5.41) is 0. The number of ether oxygens (including phenoxy) is 3. The number of alkyl halides is 2. The summed E-state index contributed by atoms with van der Waals surface area (Å²) in [6, 6.07) is 11.5. The van der Waals surface area contributed by atoms with Crippen LogP contribution in [-0.2, 0) is 20.7 Å². The minimum atomic E-state index is -3.04. The molecule has 1 heterocycles. The molecule has 7 nitrogen and oxygen atoms in total. The Labute approximate surface area is 202 Å². The van der Waals surface area contributed by atoms with E-state index in [9.17, 15) is 23.2 Å². The molecule has 1 aliphatic carbocycles. The maximum absolute atomic E-state index is 13.4. The summed E-state index contributed by atoms with van der Waals surface area (Å²) in [6.07, 6.45) is 3.54. The first-order chi connectivity index (χ1) is 16.9. The molecule has 2 atom stereocenters. The van der Waals surface area contributed by atoms with Crippen LogP contribution in [0.15, 0.2) is 42.5 Å². The van der Waals surface area contributed by atoms with Crippen LogP contribution in [0.1, 0.15) is 41.6 Å². The summed E-state index contributed by atoms with van der Waals surface area (Å²) in [6.45, 7) is -2.98. The molecule has 1 aliphatic heterocycles. The SMILES string of the molecule is COc1cc(C(=O)COC(=O)[C@@H]2CCCC[C@H]2C(=O)N2CCc3ccccc32)ccc1OC(F)F. The van der Waals surface area contributed by atoms with Gasteiger partial charge < -0.3 is 19.1 Å². The molecule has 0 radical (unpaired) electrons. The quantitative estimate of drug-likeness (QED) is 0.405. The molecule has 4 rings (SSSR count). The average Bonchev–Trinajstić information content (AvgIpc) is 3.30. The molecule has 186 valence electrons. The highest BCUT2D eigenvalue weighted by Gasteiger charge is 2.40. The lowest BCUT2D eigenvalue weighted by molar-refractivity contribution is -0.153. The maximum atomic E-state index is 13.4. The number of methoxy groups -OCH3 is 1. The number of benzene rings is 2. The van der Waals surface area contributed by atoms with Crippen molar-refractivity contribution < 1.29 is 37.4 Å². The van der Waals surface area contributed by atoms with E-state index >= 15 is 0 Å². The number of carbonyl (C=O) groups excluding carboxylic acids is 3. The Morgan fingerprint density at radius 3 is 2.51 bits per heavy atom. The van der Waals surface area contributed by atoms with E-state index in [0.717, 1.165) is 30.5 Å². The monoisotopic (exact) mass is 487 g/mol. The lowest BCUT2D eigenvalue weighted by atomic mass is 9.78. The second-order valence-corrected chi connectivity index (χ2v) is 8.64. The molecule has 2 aromatic carbocycles. The number of esters is 1. The van der Waals surface area contributed by atoms with Crippen LogP contribution in [0.4, 0.5) is 14.5 Å². The van der Waals surface area contributed by atoms with Gasteiger partial charge in [0.1, 0.15) is 0 Å². The van der Waals surface area contributed by atoms with Crippen molar-refractivity contribution in [2.24, 2.45) is 11.8 Å². The van der Waals surface area contributed by atoms with Gasteiger partial charge in [-0.3, -0.25) is 14.4 Å². The van der Waals surface area contributed by atoms with Crippen LogP contribution in [0.5, 0.6) is 11.5 Å². The van der Waals surface area contributed by atoms with Crippen LogP contribution < -0.4 is 14.4 Å². The Balaban J connectivity index is 1.40. The number of Topliss-reactive ketones (excluding diaryl/α,β-unsaturated/α-hetero) is 1. The van der Waals surface area contributed by atoms with E-state index in [1.165, 1.54) is 25.3 Å². The summed E-state index contributed by atoms with van der Waals surface area (Å²) in [7, 11) is 1.26. The van der Waals surface area contributed by atoms with Crippen molar-refractivity contribution in [2.75, 3.05) is 25.2 Å². The largest absolute Gasteiger partial charge is 0.493 e. The van der Waals surface area contributed by atoms with Gasteiger partial charge in [0.05, 0.1) is 18.9 Å². The number of para-hydroxylation sites is 1. The van der Waals surface area contributed by atoms with Crippen LogP contribution in [0.2, 0.25) is 0 Å². The van der Waals surface area contributed by atoms with Crippen LogP contribution in [0.25, 0.3) is 0 Å². The molecular weight excluding hydrogens is 460 g/mol. The molecule has 0 saturated heterocycles. The van der Waals surface area contributed by atoms with Gasteiger partial charge in [0.25, 0.3) is 0 Å². The van der Waals surface area contributed by atoms with E-state index in [-0.39, 0.29) is 23.0 Å². The Hall–Kier alpha value is -3.49. The van der Waals surface area contributed by atoms with E-state index in [1.54, 1.807) is 4.90 Å². The minimum absolute atomic E-state index is 0.0358. The Morgan fingerprint density at radius 2 is 1.77 bits per heavy atom. The van der Waals surface area contributed by atoms with Crippen molar-refractivity contribution in [3.05, 3.63) is 53.6 Å². The third kappa shape index (κ3) is 5.44. The fraction of sp³-hybridized carbons (Fsp3) is 0.423. The van der Waals surface area contributed by atoms with Crippen molar-refractivity contribution in [2.45, 2.75) is 38.7 Å². The number of rotatable bonds is 8. The summed E-state index contributed by atoms with van der Waals surface area (Å²) in [4.78, 5) is 40.7. The molecule has 0 spiro atoms. The van der Waals surface area contributed by atoms with Crippen molar-refractivity contribution >= 4 is 23.3 Å². The summed E-state index contributed by atoms with van der Waals surface area (Å²) in [5.41, 5.74) is 2.13. The van der Waals surface area contributed by atoms with E-state index in [0.29, 0.717) is 19.4 Å². The third-order valence-electron chi connectivity index (χ3n) is 6.59. The highest BCUT2D eigenvalue weighted by Crippen LogP contribution is 2.36. The predicted molar refractivity (Wildman–Crippen MR) is 123 cm³/mol. The number of ketones is 1. The zero-order valence-corrected chi connectivity index (χ0v) is 19.4. The predicted octanol–water partition coefficient (Wildman–Crippen LogP) is 4.42. The van der Waals surface area contributed by atoms with Gasteiger partial charge in [0.15, 0.2) is 23.9 Å². The van der Waals surface area contributed by atoms with E-state index in [2.05, 4.69) is 4.74 Å². The van der Waals surface area contributed by atoms with Gasteiger partial charge in [-0.15, -0.1) is 0 Å². The van der Waals surface area contributed by atoms with Gasteiger partial charge in [-0.1, -0.05) is 31.0 Å². The summed E-state index contributed by atoms with van der Waals surface area (Å²) in [5.74, 6) is -2.53. The molecule has 1 amide bonds. The number of fused-ring (bicyclic) bond motifs is 1. The van der Waals surface area contributed by atoms with Crippen LogP contribution >= 0.6 is 0 Å². The number of hydrogen-bond donors (Lipinski definition) is 0. The molecule has 2 aliphatic rings. The molecule has 1 fully saturated rings. The molecule has 1 saturated carbocycles. The van der Waals surface area contributed by atoms with Crippen molar-refractivity contribution in [1.82, 2.24) is 0 Å². The highest BCUT2D eigenvalue weighted by molar-refractivity contribution is 6.00. The first kappa shape index (κ1) is 24.6. The Morgan fingerprint density at radius 1 is 1.03 bits per heavy atom. The maximum Gasteiger partial charge on any atom is 0.387 e. The number of amides is 1. The van der Waals surface area contributed by atoms with Gasteiger partial charge in [-0.25, -0.2) is 0 Å². The van der Waals surface area contributed by atoms with Gasteiger partial charge in [-0.2, -0.15) is 8.78 Å². The van der Waals surface area contributed by atoms with E-state index in [1.807, 2.05) is 24.3 Å². The fourth-order valence-electron chi connectivity index (χ4n) is 4.84. The number of halogens is 2. The van der Waals surface area contributed by atoms with Crippen LogP contribution in [0, 0.1) is 11.8 Å². The number of carbonyl (C=O) groups is 3. The molecule has 9 heteroatoms. The van der Waals surface area contributed by atoms with Crippen molar-refractivity contribution in [3.63, 3.8) is 0 Å². The molecule has 0 unspecified atom stereocenters. The number of hydrogen-bond acceptors (Lipinski definition) is 6. The zero-order chi connectivity index (χ0) is 24.9. The van der Waals surface area contributed by atoms with E-state index in [4.69, 9.17) is 9.47 Å². The zero-order valence-electron chi connectivity index (χ0n) is 19.4. The first-order valence-corrected chi connectivity index (χ1v) is 11.6. The summed E-state index contributed by atoms with van der Waals surface area (Å²) < 4.78 is 39.7. The standard InChI is InChI=1S/C26H27F2NO6/c1-33-23-14-17(10-11-22(23)35-26(27)28)21(30)15-34-25(32)19-8-4-3-7-18(19)24(31)29-13-12-16-6-2-5-9-20(16)29/h2,5-6,9-11,14,18-19,26H,3-4,7-8,12-13,15H2,1H3/t18-,19-/m1/s1. The molecule has 0 bridgehead atoms. The fourth-order valence-corrected chi connectivity index (χ4v) is 4.84. The number of anilines is 1. The lowest BCUT2D eigenvalue weighted by Gasteiger charge is -2.32. The molecule has 0 N–H and O–H groups in total. The van der Waals surface area contributed by atoms with Crippen LogP contribution in [0.3, 0.4) is 0 Å². The summed E-state index contributed by atoms with van der Waals surface area (Å²) >= 11 is 0. The normalized spacial score (nSPS) is 19.3. The van der Waals surface area contributed by atoms with Crippen molar-refractivity contribution in [3.8, 4) is 11.5 Å². The average molecular weight is 487 g/mol. The minimum Gasteiger partial charge on any atom is -0.493 e. The highest BCUT2D eigenvalue weighted by atomic mass is 19.3. The third-order valence-corrected chi connectivity index (χ3v) is 6.59. The Kier molecular flexibility index (Phi) is 7.63.